The molecule has 0 bridgehead atoms. The quantitative estimate of drug-likeness (QED) is 0.648. The molecule has 8 nitrogen and oxygen atoms in total. The van der Waals surface area contributed by atoms with Crippen LogP contribution in [-0.2, 0) is 0 Å². The number of carbonyl (C=O) groups excluding carboxylic acids is 1. The molecule has 9 heteroatoms. The lowest BCUT2D eigenvalue weighted by atomic mass is 9.92. The Balaban J connectivity index is 0.00000243. The second-order valence-corrected chi connectivity index (χ2v) is 6.43. The number of hydrogen-bond donors (Lipinski definition) is 1. The molecule has 1 aliphatic heterocycles. The van der Waals surface area contributed by atoms with Crippen molar-refractivity contribution in [1.82, 2.24) is 14.7 Å². The van der Waals surface area contributed by atoms with E-state index in [9.17, 15) is 14.9 Å². The number of nitro groups is 1. The molecule has 1 aromatic carbocycles. The molecule has 1 aliphatic rings. The third-order valence-corrected chi connectivity index (χ3v) is 4.62. The topological polar surface area (TPSA) is 107 Å². The number of hydrogen-bond acceptors (Lipinski definition) is 5. The number of nitro benzene ring substituents is 1. The zero-order chi connectivity index (χ0) is 18.0. The van der Waals surface area contributed by atoms with Crippen molar-refractivity contribution in [2.24, 2.45) is 11.7 Å². The highest BCUT2D eigenvalue weighted by atomic mass is 35.5. The highest BCUT2D eigenvalue weighted by Crippen LogP contribution is 2.21. The van der Waals surface area contributed by atoms with Crippen molar-refractivity contribution in [1.29, 1.82) is 0 Å². The summed E-state index contributed by atoms with van der Waals surface area (Å²) in [5.74, 6) is 0.209. The standard InChI is InChI=1S/C17H21N5O3.ClH/c1-12(18)13-3-2-9-20(11-13)17(23)16-8-10-21(19-16)14-4-6-15(7-5-14)22(24)25;/h4-8,10,12-13H,2-3,9,11,18H2,1H3;1H. The van der Waals surface area contributed by atoms with Gasteiger partial charge in [-0.05, 0) is 43.9 Å². The van der Waals surface area contributed by atoms with Crippen LogP contribution in [0.3, 0.4) is 0 Å². The Hall–Kier alpha value is -2.45. The first kappa shape index (κ1) is 19.9. The van der Waals surface area contributed by atoms with Crippen molar-refractivity contribution in [3.63, 3.8) is 0 Å². The fourth-order valence-electron chi connectivity index (χ4n) is 3.09. The summed E-state index contributed by atoms with van der Waals surface area (Å²) >= 11 is 0. The first-order chi connectivity index (χ1) is 12.0. The number of aromatic nitrogens is 2. The number of nitrogens with two attached hydrogens (primary N) is 1. The summed E-state index contributed by atoms with van der Waals surface area (Å²) in [6.45, 7) is 3.34. The molecule has 2 aromatic rings. The molecule has 0 saturated carbocycles. The molecule has 1 saturated heterocycles. The summed E-state index contributed by atoms with van der Waals surface area (Å²) in [6.07, 6.45) is 3.67. The summed E-state index contributed by atoms with van der Waals surface area (Å²) < 4.78 is 1.55. The molecule has 2 N–H and O–H groups in total. The lowest BCUT2D eigenvalue weighted by Gasteiger charge is -2.34. The highest BCUT2D eigenvalue weighted by Gasteiger charge is 2.27. The third-order valence-electron chi connectivity index (χ3n) is 4.62. The van der Waals surface area contributed by atoms with Crippen LogP contribution < -0.4 is 5.73 Å². The fourth-order valence-corrected chi connectivity index (χ4v) is 3.09. The van der Waals surface area contributed by atoms with Gasteiger partial charge in [0, 0.05) is 37.5 Å². The van der Waals surface area contributed by atoms with Gasteiger partial charge in [-0.15, -0.1) is 12.4 Å². The van der Waals surface area contributed by atoms with Gasteiger partial charge in [-0.2, -0.15) is 5.10 Å². The Morgan fingerprint density at radius 1 is 1.35 bits per heavy atom. The molecule has 2 heterocycles. The average molecular weight is 380 g/mol. The summed E-state index contributed by atoms with van der Waals surface area (Å²) in [7, 11) is 0. The molecule has 0 aliphatic carbocycles. The number of benzene rings is 1. The van der Waals surface area contributed by atoms with Gasteiger partial charge in [0.15, 0.2) is 5.69 Å². The van der Waals surface area contributed by atoms with Crippen molar-refractivity contribution in [2.45, 2.75) is 25.8 Å². The Bertz CT molecular complexity index is 775. The number of amides is 1. The van der Waals surface area contributed by atoms with Crippen LogP contribution in [0.4, 0.5) is 5.69 Å². The van der Waals surface area contributed by atoms with E-state index in [1.54, 1.807) is 34.0 Å². The summed E-state index contributed by atoms with van der Waals surface area (Å²) in [4.78, 5) is 24.7. The van der Waals surface area contributed by atoms with E-state index in [0.717, 1.165) is 12.8 Å². The molecule has 0 radical (unpaired) electrons. The first-order valence-electron chi connectivity index (χ1n) is 8.31. The maximum absolute atomic E-state index is 12.7. The molecule has 26 heavy (non-hydrogen) atoms. The molecule has 0 spiro atoms. The van der Waals surface area contributed by atoms with Crippen LogP contribution in [0.1, 0.15) is 30.3 Å². The number of non-ortho nitro benzene ring substituents is 1. The number of rotatable bonds is 4. The Morgan fingerprint density at radius 3 is 2.65 bits per heavy atom. The van der Waals surface area contributed by atoms with Crippen LogP contribution in [0.25, 0.3) is 5.69 Å². The van der Waals surface area contributed by atoms with Crippen molar-refractivity contribution >= 4 is 24.0 Å². The Labute approximate surface area is 157 Å². The number of nitrogens with zero attached hydrogens (tertiary/aromatic N) is 4. The number of halogens is 1. The van der Waals surface area contributed by atoms with Crippen LogP contribution in [0.15, 0.2) is 36.5 Å². The van der Waals surface area contributed by atoms with Gasteiger partial charge in [0.25, 0.3) is 11.6 Å². The third kappa shape index (κ3) is 4.20. The predicted octanol–water partition coefficient (Wildman–Crippen LogP) is 2.40. The molecule has 3 rings (SSSR count). The van der Waals surface area contributed by atoms with Crippen LogP contribution in [0.2, 0.25) is 0 Å². The minimum absolute atomic E-state index is 0. The normalized spacial score (nSPS) is 18.1. The summed E-state index contributed by atoms with van der Waals surface area (Å²) in [6, 6.07) is 7.76. The summed E-state index contributed by atoms with van der Waals surface area (Å²) in [5, 5.41) is 15.0. The average Bonchev–Trinajstić information content (AvgIpc) is 3.11. The molecule has 2 unspecified atom stereocenters. The minimum Gasteiger partial charge on any atom is -0.337 e. The van der Waals surface area contributed by atoms with E-state index in [4.69, 9.17) is 5.73 Å². The van der Waals surface area contributed by atoms with Gasteiger partial charge in [-0.1, -0.05) is 0 Å². The monoisotopic (exact) mass is 379 g/mol. The van der Waals surface area contributed by atoms with Crippen molar-refractivity contribution in [2.75, 3.05) is 13.1 Å². The largest absolute Gasteiger partial charge is 0.337 e. The number of likely N-dealkylation sites (tertiary alicyclic amines) is 1. The van der Waals surface area contributed by atoms with E-state index in [-0.39, 0.29) is 30.0 Å². The smallest absolute Gasteiger partial charge is 0.274 e. The molecule has 140 valence electrons. The van der Waals surface area contributed by atoms with Gasteiger partial charge in [-0.3, -0.25) is 14.9 Å². The van der Waals surface area contributed by atoms with Crippen molar-refractivity contribution in [3.8, 4) is 5.69 Å². The van der Waals surface area contributed by atoms with Gasteiger partial charge in [0.2, 0.25) is 0 Å². The van der Waals surface area contributed by atoms with E-state index in [2.05, 4.69) is 5.10 Å². The number of piperidine rings is 1. The zero-order valence-electron chi connectivity index (χ0n) is 14.4. The highest BCUT2D eigenvalue weighted by molar-refractivity contribution is 5.92. The van der Waals surface area contributed by atoms with Gasteiger partial charge < -0.3 is 10.6 Å². The Kier molecular flexibility index (Phi) is 6.33. The second-order valence-electron chi connectivity index (χ2n) is 6.43. The molecular formula is C17H22ClN5O3. The first-order valence-corrected chi connectivity index (χ1v) is 8.31. The number of carbonyl (C=O) groups is 1. The maximum atomic E-state index is 12.7. The van der Waals surface area contributed by atoms with E-state index >= 15 is 0 Å². The van der Waals surface area contributed by atoms with E-state index < -0.39 is 4.92 Å². The predicted molar refractivity (Wildman–Crippen MR) is 99.7 cm³/mol. The van der Waals surface area contributed by atoms with Crippen LogP contribution in [0.5, 0.6) is 0 Å². The minimum atomic E-state index is -0.451. The molecule has 1 amide bonds. The maximum Gasteiger partial charge on any atom is 0.274 e. The molecule has 1 fully saturated rings. The van der Waals surface area contributed by atoms with Gasteiger partial charge in [0.05, 0.1) is 10.6 Å². The van der Waals surface area contributed by atoms with Crippen molar-refractivity contribution < 1.29 is 9.72 Å². The van der Waals surface area contributed by atoms with Crippen LogP contribution in [-0.4, -0.2) is 44.6 Å². The van der Waals surface area contributed by atoms with E-state index in [1.807, 2.05) is 6.92 Å². The SMILES string of the molecule is CC(N)C1CCCN(C(=O)c2ccn(-c3ccc([N+](=O)[O-])cc3)n2)C1.Cl. The zero-order valence-corrected chi connectivity index (χ0v) is 15.3. The van der Waals surface area contributed by atoms with E-state index in [1.165, 1.54) is 12.1 Å². The second kappa shape index (κ2) is 8.29. The molecular weight excluding hydrogens is 358 g/mol. The molecule has 2 atom stereocenters. The lowest BCUT2D eigenvalue weighted by molar-refractivity contribution is -0.384. The van der Waals surface area contributed by atoms with E-state index in [0.29, 0.717) is 30.4 Å². The van der Waals surface area contributed by atoms with Crippen LogP contribution in [0, 0.1) is 16.0 Å². The lowest BCUT2D eigenvalue weighted by Crippen LogP contribution is -2.45. The van der Waals surface area contributed by atoms with Crippen LogP contribution >= 0.6 is 12.4 Å². The Morgan fingerprint density at radius 2 is 2.04 bits per heavy atom. The van der Waals surface area contributed by atoms with Gasteiger partial charge >= 0.3 is 0 Å². The fraction of sp³-hybridized carbons (Fsp3) is 0.412. The van der Waals surface area contributed by atoms with Gasteiger partial charge in [0.1, 0.15) is 0 Å². The summed E-state index contributed by atoms with van der Waals surface area (Å²) in [5.41, 5.74) is 7.02. The molecule has 1 aromatic heterocycles. The van der Waals surface area contributed by atoms with Gasteiger partial charge in [-0.25, -0.2) is 4.68 Å². The van der Waals surface area contributed by atoms with Crippen molar-refractivity contribution in [3.05, 3.63) is 52.3 Å².